The van der Waals surface area contributed by atoms with Gasteiger partial charge in [0.05, 0.1) is 16.7 Å². The van der Waals surface area contributed by atoms with Gasteiger partial charge in [-0.2, -0.15) is 0 Å². The molecule has 0 saturated heterocycles. The Hall–Kier alpha value is -1.85. The van der Waals surface area contributed by atoms with Crippen LogP contribution in [0.5, 0.6) is 0 Å². The first-order chi connectivity index (χ1) is 9.29. The number of aromatic nitrogens is 3. The summed E-state index contributed by atoms with van der Waals surface area (Å²) in [6.45, 7) is 0. The number of fused-ring (bicyclic) bond motifs is 3. The van der Waals surface area contributed by atoms with Crippen LogP contribution in [-0.4, -0.2) is 15.0 Å². The fourth-order valence-corrected chi connectivity index (χ4v) is 3.04. The predicted octanol–water partition coefficient (Wildman–Crippen LogP) is 3.89. The Balaban J connectivity index is 1.90. The Morgan fingerprint density at radius 1 is 0.895 bits per heavy atom. The van der Waals surface area contributed by atoms with E-state index in [1.807, 2.05) is 30.3 Å². The number of anilines is 2. The Morgan fingerprint density at radius 3 is 2.53 bits per heavy atom. The van der Waals surface area contributed by atoms with Gasteiger partial charge in [-0.3, -0.25) is 0 Å². The van der Waals surface area contributed by atoms with Crippen molar-refractivity contribution in [2.45, 2.75) is 10.1 Å². The van der Waals surface area contributed by atoms with Crippen molar-refractivity contribution in [3.63, 3.8) is 0 Å². The lowest BCUT2D eigenvalue weighted by atomic mass is 10.3. The Labute approximate surface area is 118 Å². The first kappa shape index (κ1) is 11.0. The molecule has 3 heterocycles. The van der Waals surface area contributed by atoms with Gasteiger partial charge in [0.25, 0.3) is 0 Å². The minimum Gasteiger partial charge on any atom is -0.336 e. The van der Waals surface area contributed by atoms with Crippen molar-refractivity contribution in [3.05, 3.63) is 41.6 Å². The number of pyridine rings is 1. The topological polar surface area (TPSA) is 50.7 Å². The molecule has 1 aliphatic heterocycles. The van der Waals surface area contributed by atoms with E-state index in [2.05, 4.69) is 20.3 Å². The van der Waals surface area contributed by atoms with Gasteiger partial charge >= 0.3 is 0 Å². The number of benzene rings is 1. The molecule has 1 N–H and O–H groups in total. The molecule has 19 heavy (non-hydrogen) atoms. The van der Waals surface area contributed by atoms with Crippen LogP contribution >= 0.6 is 23.4 Å². The maximum Gasteiger partial charge on any atom is 0.164 e. The highest BCUT2D eigenvalue weighted by Crippen LogP contribution is 2.41. The minimum atomic E-state index is 0.477. The fraction of sp³-hybridized carbons (Fsp3) is 0. The second-order valence-electron chi connectivity index (χ2n) is 4.08. The first-order valence-electron chi connectivity index (χ1n) is 5.68. The number of para-hydroxylation sites is 2. The van der Waals surface area contributed by atoms with E-state index in [1.165, 1.54) is 11.8 Å². The van der Waals surface area contributed by atoms with Gasteiger partial charge in [0.15, 0.2) is 5.82 Å². The number of hydrogen-bond donors (Lipinski definition) is 1. The van der Waals surface area contributed by atoms with Crippen LogP contribution in [0.15, 0.2) is 46.5 Å². The van der Waals surface area contributed by atoms with E-state index in [1.54, 1.807) is 6.07 Å². The Kier molecular flexibility index (Phi) is 2.36. The summed E-state index contributed by atoms with van der Waals surface area (Å²) in [5.74, 6) is 0.764. The summed E-state index contributed by atoms with van der Waals surface area (Å²) >= 11 is 7.39. The third kappa shape index (κ3) is 1.82. The van der Waals surface area contributed by atoms with E-state index >= 15 is 0 Å². The molecule has 2 aromatic heterocycles. The first-order valence-corrected chi connectivity index (χ1v) is 6.87. The lowest BCUT2D eigenvalue weighted by molar-refractivity contribution is 1.05. The second-order valence-corrected chi connectivity index (χ2v) is 5.44. The van der Waals surface area contributed by atoms with E-state index in [0.717, 1.165) is 32.6 Å². The van der Waals surface area contributed by atoms with Gasteiger partial charge in [-0.15, -0.1) is 0 Å². The largest absolute Gasteiger partial charge is 0.336 e. The summed E-state index contributed by atoms with van der Waals surface area (Å²) in [6, 6.07) is 11.5. The molecule has 0 bridgehead atoms. The Bertz CT molecular complexity index is 806. The third-order valence-corrected chi connectivity index (χ3v) is 4.00. The highest BCUT2D eigenvalue weighted by atomic mass is 35.5. The van der Waals surface area contributed by atoms with E-state index < -0.39 is 0 Å². The van der Waals surface area contributed by atoms with Gasteiger partial charge in [0.2, 0.25) is 0 Å². The summed E-state index contributed by atoms with van der Waals surface area (Å²) in [5, 5.41) is 5.37. The molecule has 6 heteroatoms. The monoisotopic (exact) mass is 286 g/mol. The van der Waals surface area contributed by atoms with Gasteiger partial charge in [-0.05, 0) is 36.0 Å². The van der Waals surface area contributed by atoms with Crippen LogP contribution in [-0.2, 0) is 0 Å². The number of nitrogens with one attached hydrogen (secondary N) is 1. The predicted molar refractivity (Wildman–Crippen MR) is 76.2 cm³/mol. The number of nitrogens with zero attached hydrogens (tertiary/aromatic N) is 3. The molecule has 0 radical (unpaired) electrons. The maximum atomic E-state index is 5.91. The average Bonchev–Trinajstić information content (AvgIpc) is 2.43. The molecule has 4 nitrogen and oxygen atoms in total. The highest BCUT2D eigenvalue weighted by molar-refractivity contribution is 7.99. The smallest absolute Gasteiger partial charge is 0.164 e. The van der Waals surface area contributed by atoms with Gasteiger partial charge in [0, 0.05) is 0 Å². The second kappa shape index (κ2) is 4.08. The van der Waals surface area contributed by atoms with Crippen molar-refractivity contribution >= 4 is 45.9 Å². The van der Waals surface area contributed by atoms with E-state index in [4.69, 9.17) is 11.6 Å². The molecule has 0 saturated carbocycles. The van der Waals surface area contributed by atoms with Crippen molar-refractivity contribution in [3.8, 4) is 0 Å². The molecule has 0 unspecified atom stereocenters. The molecular weight excluding hydrogens is 280 g/mol. The van der Waals surface area contributed by atoms with E-state index in [9.17, 15) is 0 Å². The lowest BCUT2D eigenvalue weighted by Gasteiger charge is -2.18. The van der Waals surface area contributed by atoms with Gasteiger partial charge in [0.1, 0.15) is 15.2 Å². The average molecular weight is 287 g/mol. The van der Waals surface area contributed by atoms with Crippen LogP contribution in [0.1, 0.15) is 0 Å². The molecule has 0 aliphatic carbocycles. The van der Waals surface area contributed by atoms with Crippen LogP contribution < -0.4 is 5.32 Å². The zero-order chi connectivity index (χ0) is 12.8. The summed E-state index contributed by atoms with van der Waals surface area (Å²) < 4.78 is 0. The summed E-state index contributed by atoms with van der Waals surface area (Å²) in [4.78, 5) is 13.5. The molecular formula is C13H7ClN4S. The zero-order valence-corrected chi connectivity index (χ0v) is 11.2. The van der Waals surface area contributed by atoms with Crippen molar-refractivity contribution < 1.29 is 0 Å². The van der Waals surface area contributed by atoms with Crippen molar-refractivity contribution in [2.75, 3.05) is 5.32 Å². The molecule has 92 valence electrons. The quantitative estimate of drug-likeness (QED) is 0.497. The molecule has 4 rings (SSSR count). The zero-order valence-electron chi connectivity index (χ0n) is 9.59. The number of rotatable bonds is 0. The summed E-state index contributed by atoms with van der Waals surface area (Å²) in [5.41, 5.74) is 2.66. The SMILES string of the molecule is Clc1ccc2c(n1)Sc1nc3ccccc3nc1N2. The molecule has 0 spiro atoms. The van der Waals surface area contributed by atoms with Crippen molar-refractivity contribution in [1.82, 2.24) is 15.0 Å². The van der Waals surface area contributed by atoms with Crippen LogP contribution in [0, 0.1) is 0 Å². The normalized spacial score (nSPS) is 12.7. The maximum absolute atomic E-state index is 5.91. The third-order valence-electron chi connectivity index (χ3n) is 2.81. The van der Waals surface area contributed by atoms with E-state index in [-0.39, 0.29) is 0 Å². The molecule has 0 fully saturated rings. The molecule has 0 atom stereocenters. The highest BCUT2D eigenvalue weighted by Gasteiger charge is 2.20. The van der Waals surface area contributed by atoms with E-state index in [0.29, 0.717) is 5.15 Å². The summed E-state index contributed by atoms with van der Waals surface area (Å²) in [7, 11) is 0. The lowest BCUT2D eigenvalue weighted by Crippen LogP contribution is -2.05. The summed E-state index contributed by atoms with van der Waals surface area (Å²) in [6.07, 6.45) is 0. The van der Waals surface area contributed by atoms with Crippen molar-refractivity contribution in [1.29, 1.82) is 0 Å². The Morgan fingerprint density at radius 2 is 1.68 bits per heavy atom. The molecule has 1 aliphatic rings. The van der Waals surface area contributed by atoms with Gasteiger partial charge in [-0.1, -0.05) is 23.7 Å². The van der Waals surface area contributed by atoms with Crippen molar-refractivity contribution in [2.24, 2.45) is 0 Å². The number of halogens is 1. The molecule has 0 amide bonds. The minimum absolute atomic E-state index is 0.477. The molecule has 3 aromatic rings. The van der Waals surface area contributed by atoms with Crippen LogP contribution in [0.25, 0.3) is 11.0 Å². The van der Waals surface area contributed by atoms with Gasteiger partial charge < -0.3 is 5.32 Å². The standard InChI is InChI=1S/C13H7ClN4S/c14-10-6-5-9-12(18-10)19-13-11(16-9)15-7-3-1-2-4-8(7)17-13/h1-6H,(H,15,16). The van der Waals surface area contributed by atoms with Gasteiger partial charge in [-0.25, -0.2) is 15.0 Å². The van der Waals surface area contributed by atoms with Crippen LogP contribution in [0.2, 0.25) is 5.15 Å². The number of hydrogen-bond acceptors (Lipinski definition) is 5. The molecule has 1 aromatic carbocycles. The fourth-order valence-electron chi connectivity index (χ4n) is 1.95. The van der Waals surface area contributed by atoms with Crippen LogP contribution in [0.4, 0.5) is 11.5 Å². The van der Waals surface area contributed by atoms with Crippen LogP contribution in [0.3, 0.4) is 0 Å².